The summed E-state index contributed by atoms with van der Waals surface area (Å²) in [4.78, 5) is 12.1. The molecular formula is C21H23BrN4O2S. The number of amides is 1. The highest BCUT2D eigenvalue weighted by Gasteiger charge is 2.18. The summed E-state index contributed by atoms with van der Waals surface area (Å²) in [5, 5.41) is 12.3. The molecule has 0 aliphatic heterocycles. The van der Waals surface area contributed by atoms with E-state index in [9.17, 15) is 4.79 Å². The molecule has 1 amide bonds. The Hall–Kier alpha value is -2.16. The number of hydrogen-bond acceptors (Lipinski definition) is 5. The molecule has 0 saturated heterocycles. The van der Waals surface area contributed by atoms with Crippen LogP contribution in [-0.4, -0.2) is 46.7 Å². The Morgan fingerprint density at radius 1 is 1.14 bits per heavy atom. The number of carbonyl (C=O) groups is 1. The third kappa shape index (κ3) is 5.68. The fraction of sp³-hybridized carbons (Fsp3) is 0.286. The van der Waals surface area contributed by atoms with Crippen molar-refractivity contribution in [1.29, 1.82) is 0 Å². The second-order valence-corrected chi connectivity index (χ2v) is 8.48. The maximum atomic E-state index is 12.1. The van der Waals surface area contributed by atoms with E-state index in [1.807, 2.05) is 28.8 Å². The zero-order valence-electron chi connectivity index (χ0n) is 16.6. The van der Waals surface area contributed by atoms with E-state index in [1.165, 1.54) is 11.8 Å². The molecule has 0 fully saturated rings. The molecule has 0 spiro atoms. The summed E-state index contributed by atoms with van der Waals surface area (Å²) < 4.78 is 7.97. The first-order valence-electron chi connectivity index (χ1n) is 9.16. The van der Waals surface area contributed by atoms with Crippen molar-refractivity contribution in [2.75, 3.05) is 26.0 Å². The van der Waals surface area contributed by atoms with Crippen LogP contribution in [0.5, 0.6) is 0 Å². The smallest absolute Gasteiger partial charge is 0.230 e. The number of thioether (sulfide) groups is 1. The highest BCUT2D eigenvalue weighted by Crippen LogP contribution is 2.29. The molecule has 3 rings (SSSR count). The second-order valence-electron chi connectivity index (χ2n) is 6.63. The van der Waals surface area contributed by atoms with Crippen molar-refractivity contribution in [2.24, 2.45) is 0 Å². The summed E-state index contributed by atoms with van der Waals surface area (Å²) in [5.74, 6) is 0.935. The minimum Gasteiger partial charge on any atom is -0.383 e. The van der Waals surface area contributed by atoms with Crippen LogP contribution in [0.15, 0.2) is 52.1 Å². The normalized spacial score (nSPS) is 10.9. The van der Waals surface area contributed by atoms with Gasteiger partial charge in [-0.2, -0.15) is 0 Å². The van der Waals surface area contributed by atoms with Gasteiger partial charge >= 0.3 is 0 Å². The minimum absolute atomic E-state index is 0.0628. The van der Waals surface area contributed by atoms with Gasteiger partial charge in [-0.05, 0) is 49.2 Å². The summed E-state index contributed by atoms with van der Waals surface area (Å²) in [6.45, 7) is 5.11. The molecule has 1 heterocycles. The highest BCUT2D eigenvalue weighted by molar-refractivity contribution is 9.10. The molecule has 0 saturated carbocycles. The zero-order chi connectivity index (χ0) is 20.8. The van der Waals surface area contributed by atoms with Crippen LogP contribution in [0.3, 0.4) is 0 Å². The topological polar surface area (TPSA) is 69.0 Å². The Labute approximate surface area is 183 Å². The number of ether oxygens (including phenoxy) is 1. The van der Waals surface area contributed by atoms with Crippen molar-refractivity contribution >= 4 is 33.6 Å². The van der Waals surface area contributed by atoms with E-state index < -0.39 is 0 Å². The molecular weight excluding hydrogens is 452 g/mol. The highest BCUT2D eigenvalue weighted by atomic mass is 79.9. The Morgan fingerprint density at radius 3 is 2.48 bits per heavy atom. The lowest BCUT2D eigenvalue weighted by Gasteiger charge is -2.12. The van der Waals surface area contributed by atoms with E-state index in [1.54, 1.807) is 7.11 Å². The third-order valence-electron chi connectivity index (χ3n) is 4.16. The van der Waals surface area contributed by atoms with Crippen molar-refractivity contribution in [3.8, 4) is 17.1 Å². The van der Waals surface area contributed by atoms with Crippen LogP contribution in [0, 0.1) is 13.8 Å². The summed E-state index contributed by atoms with van der Waals surface area (Å²) >= 11 is 4.84. The van der Waals surface area contributed by atoms with Crippen molar-refractivity contribution in [2.45, 2.75) is 19.0 Å². The molecule has 0 atom stereocenters. The van der Waals surface area contributed by atoms with E-state index >= 15 is 0 Å². The third-order valence-corrected chi connectivity index (χ3v) is 5.62. The molecule has 3 aromatic rings. The number of aromatic nitrogens is 3. The van der Waals surface area contributed by atoms with Gasteiger partial charge in [-0.15, -0.1) is 10.2 Å². The number of halogens is 1. The Balaban J connectivity index is 1.94. The fourth-order valence-corrected chi connectivity index (χ4v) is 3.98. The summed E-state index contributed by atoms with van der Waals surface area (Å²) in [5.41, 5.74) is 4.25. The number of carbonyl (C=O) groups excluding carboxylic acids is 1. The van der Waals surface area contributed by atoms with Crippen molar-refractivity contribution in [3.63, 3.8) is 0 Å². The predicted octanol–water partition coefficient (Wildman–Crippen LogP) is 4.17. The average Bonchev–Trinajstić information content (AvgIpc) is 3.10. The fourth-order valence-electron chi connectivity index (χ4n) is 2.94. The van der Waals surface area contributed by atoms with E-state index in [0.29, 0.717) is 18.3 Å². The molecule has 0 radical (unpaired) electrons. The quantitative estimate of drug-likeness (QED) is 0.391. The summed E-state index contributed by atoms with van der Waals surface area (Å²) in [6, 6.07) is 14.3. The first kappa shape index (κ1) is 21.5. The molecule has 152 valence electrons. The SMILES string of the molecule is COCCNC(=O)CSc1nnc(-c2ccc(Br)cc2)n1-c1cc(C)cc(C)c1. The van der Waals surface area contributed by atoms with Gasteiger partial charge in [-0.3, -0.25) is 9.36 Å². The van der Waals surface area contributed by atoms with Crippen LogP contribution in [0.1, 0.15) is 11.1 Å². The number of benzene rings is 2. The number of hydrogen-bond donors (Lipinski definition) is 1. The molecule has 2 aromatic carbocycles. The van der Waals surface area contributed by atoms with Gasteiger partial charge < -0.3 is 10.1 Å². The van der Waals surface area contributed by atoms with Crippen LogP contribution < -0.4 is 5.32 Å². The molecule has 1 aromatic heterocycles. The first-order valence-corrected chi connectivity index (χ1v) is 10.9. The zero-order valence-corrected chi connectivity index (χ0v) is 19.0. The van der Waals surface area contributed by atoms with Gasteiger partial charge in [0.1, 0.15) is 0 Å². The van der Waals surface area contributed by atoms with Gasteiger partial charge in [0.25, 0.3) is 0 Å². The van der Waals surface area contributed by atoms with Crippen molar-refractivity contribution < 1.29 is 9.53 Å². The number of methoxy groups -OCH3 is 1. The average molecular weight is 475 g/mol. The first-order chi connectivity index (χ1) is 14.0. The second kappa shape index (κ2) is 10.0. The summed E-state index contributed by atoms with van der Waals surface area (Å²) in [7, 11) is 1.61. The van der Waals surface area contributed by atoms with E-state index in [-0.39, 0.29) is 11.7 Å². The van der Waals surface area contributed by atoms with Gasteiger partial charge in [-0.25, -0.2) is 0 Å². The maximum Gasteiger partial charge on any atom is 0.230 e. The lowest BCUT2D eigenvalue weighted by molar-refractivity contribution is -0.118. The Bertz CT molecular complexity index is 969. The predicted molar refractivity (Wildman–Crippen MR) is 120 cm³/mol. The lowest BCUT2D eigenvalue weighted by atomic mass is 10.1. The maximum absolute atomic E-state index is 12.1. The van der Waals surface area contributed by atoms with Gasteiger partial charge in [0.05, 0.1) is 18.0 Å². The number of nitrogens with zero attached hydrogens (tertiary/aromatic N) is 3. The van der Waals surface area contributed by atoms with E-state index in [0.717, 1.165) is 32.7 Å². The molecule has 0 bridgehead atoms. The van der Waals surface area contributed by atoms with E-state index in [4.69, 9.17) is 4.74 Å². The molecule has 0 aliphatic rings. The number of nitrogens with one attached hydrogen (secondary N) is 1. The number of rotatable bonds is 8. The van der Waals surface area contributed by atoms with Crippen LogP contribution in [0.4, 0.5) is 0 Å². The Kier molecular flexibility index (Phi) is 7.46. The summed E-state index contributed by atoms with van der Waals surface area (Å²) in [6.07, 6.45) is 0. The molecule has 0 unspecified atom stereocenters. The molecule has 6 nitrogen and oxygen atoms in total. The minimum atomic E-state index is -0.0628. The van der Waals surface area contributed by atoms with Gasteiger partial charge in [0.15, 0.2) is 11.0 Å². The van der Waals surface area contributed by atoms with Crippen molar-refractivity contribution in [3.05, 3.63) is 58.1 Å². The molecule has 0 aliphatic carbocycles. The van der Waals surface area contributed by atoms with Crippen LogP contribution >= 0.6 is 27.7 Å². The van der Waals surface area contributed by atoms with Gasteiger partial charge in [0.2, 0.25) is 5.91 Å². The molecule has 8 heteroatoms. The van der Waals surface area contributed by atoms with Crippen LogP contribution in [-0.2, 0) is 9.53 Å². The standard InChI is InChI=1S/C21H23BrN4O2S/c1-14-10-15(2)12-18(11-14)26-20(16-4-6-17(22)7-5-16)24-25-21(26)29-13-19(27)23-8-9-28-3/h4-7,10-12H,8-9,13H2,1-3H3,(H,23,27). The Morgan fingerprint density at radius 2 is 1.83 bits per heavy atom. The monoisotopic (exact) mass is 474 g/mol. The van der Waals surface area contributed by atoms with E-state index in [2.05, 4.69) is 63.5 Å². The number of aryl methyl sites for hydroxylation is 2. The van der Waals surface area contributed by atoms with Crippen molar-refractivity contribution in [1.82, 2.24) is 20.1 Å². The molecule has 29 heavy (non-hydrogen) atoms. The van der Waals surface area contributed by atoms with Gasteiger partial charge in [-0.1, -0.05) is 45.9 Å². The van der Waals surface area contributed by atoms with Crippen LogP contribution in [0.25, 0.3) is 17.1 Å². The lowest BCUT2D eigenvalue weighted by Crippen LogP contribution is -2.28. The molecule has 1 N–H and O–H groups in total. The van der Waals surface area contributed by atoms with Gasteiger partial charge in [0, 0.05) is 23.7 Å². The largest absolute Gasteiger partial charge is 0.383 e. The van der Waals surface area contributed by atoms with Crippen LogP contribution in [0.2, 0.25) is 0 Å².